The molecule has 22 heavy (non-hydrogen) atoms. The molecule has 2 rings (SSSR count). The summed E-state index contributed by atoms with van der Waals surface area (Å²) in [6.07, 6.45) is -0.674. The Morgan fingerprint density at radius 2 is 1.73 bits per heavy atom. The third-order valence-corrected chi connectivity index (χ3v) is 4.36. The highest BCUT2D eigenvalue weighted by Gasteiger charge is 2.14. The van der Waals surface area contributed by atoms with Crippen molar-refractivity contribution >= 4 is 28.5 Å². The topological polar surface area (TPSA) is 40.5 Å². The summed E-state index contributed by atoms with van der Waals surface area (Å²) in [6, 6.07) is 15.0. The highest BCUT2D eigenvalue weighted by molar-refractivity contribution is 14.1. The van der Waals surface area contributed by atoms with Crippen LogP contribution in [-0.4, -0.2) is 29.0 Å². The summed E-state index contributed by atoms with van der Waals surface area (Å²) < 4.78 is 1.09. The van der Waals surface area contributed by atoms with E-state index in [0.717, 1.165) is 14.7 Å². The smallest absolute Gasteiger partial charge is 0.253 e. The van der Waals surface area contributed by atoms with Crippen LogP contribution in [0.15, 0.2) is 48.5 Å². The highest BCUT2D eigenvalue weighted by Crippen LogP contribution is 2.23. The maximum absolute atomic E-state index is 12.3. The van der Waals surface area contributed by atoms with Crippen LogP contribution in [0, 0.1) is 3.57 Å². The van der Waals surface area contributed by atoms with Crippen molar-refractivity contribution in [1.82, 2.24) is 4.90 Å². The number of aliphatic hydroxyl groups excluding tert-OH is 1. The normalized spacial score (nSPS) is 12.0. The van der Waals surface area contributed by atoms with E-state index in [0.29, 0.717) is 18.7 Å². The zero-order chi connectivity index (χ0) is 16.1. The molecule has 116 valence electrons. The predicted molar refractivity (Wildman–Crippen MR) is 96.9 cm³/mol. The van der Waals surface area contributed by atoms with E-state index in [1.54, 1.807) is 17.0 Å². The fourth-order valence-corrected chi connectivity index (χ4v) is 2.94. The standard InChI is InChI=1S/C18H20INO2/c1-3-20(4-2)18(22)14-10-8-13(9-11-14)17(21)15-6-5-7-16(19)12-15/h5-12,17,21H,3-4H2,1-2H3. The van der Waals surface area contributed by atoms with Crippen LogP contribution in [-0.2, 0) is 0 Å². The van der Waals surface area contributed by atoms with Crippen LogP contribution in [0.3, 0.4) is 0 Å². The van der Waals surface area contributed by atoms with Gasteiger partial charge in [0, 0.05) is 22.2 Å². The number of amides is 1. The van der Waals surface area contributed by atoms with Gasteiger partial charge < -0.3 is 10.0 Å². The minimum absolute atomic E-state index is 0.0281. The number of halogens is 1. The fraction of sp³-hybridized carbons (Fsp3) is 0.278. The average Bonchev–Trinajstić information content (AvgIpc) is 2.55. The second-order valence-electron chi connectivity index (χ2n) is 5.06. The molecule has 0 spiro atoms. The average molecular weight is 409 g/mol. The van der Waals surface area contributed by atoms with Crippen molar-refractivity contribution in [2.45, 2.75) is 20.0 Å². The van der Waals surface area contributed by atoms with Gasteiger partial charge in [0.25, 0.3) is 5.91 Å². The van der Waals surface area contributed by atoms with Gasteiger partial charge >= 0.3 is 0 Å². The van der Waals surface area contributed by atoms with E-state index >= 15 is 0 Å². The van der Waals surface area contributed by atoms with Gasteiger partial charge in [-0.2, -0.15) is 0 Å². The number of carbonyl (C=O) groups excluding carboxylic acids is 1. The number of carbonyl (C=O) groups is 1. The van der Waals surface area contributed by atoms with Crippen molar-refractivity contribution in [2.24, 2.45) is 0 Å². The Labute approximate surface area is 145 Å². The second kappa shape index (κ2) is 7.74. The molecule has 0 aliphatic heterocycles. The van der Waals surface area contributed by atoms with E-state index < -0.39 is 6.10 Å². The quantitative estimate of drug-likeness (QED) is 0.763. The lowest BCUT2D eigenvalue weighted by Crippen LogP contribution is -2.30. The molecule has 0 fully saturated rings. The SMILES string of the molecule is CCN(CC)C(=O)c1ccc(C(O)c2cccc(I)c2)cc1. The summed E-state index contributed by atoms with van der Waals surface area (Å²) in [6.45, 7) is 5.33. The van der Waals surface area contributed by atoms with Crippen LogP contribution in [0.2, 0.25) is 0 Å². The largest absolute Gasteiger partial charge is 0.384 e. The molecule has 4 heteroatoms. The van der Waals surface area contributed by atoms with Crippen LogP contribution in [0.1, 0.15) is 41.4 Å². The van der Waals surface area contributed by atoms with Gasteiger partial charge in [-0.1, -0.05) is 24.3 Å². The van der Waals surface area contributed by atoms with Crippen LogP contribution >= 0.6 is 22.6 Å². The molecule has 1 amide bonds. The lowest BCUT2D eigenvalue weighted by Gasteiger charge is -2.19. The molecule has 0 aliphatic rings. The molecule has 0 aliphatic carbocycles. The molecule has 1 atom stereocenters. The molecule has 0 aromatic heterocycles. The molecular formula is C18H20INO2. The Balaban J connectivity index is 2.20. The Morgan fingerprint density at radius 1 is 1.09 bits per heavy atom. The molecule has 1 N–H and O–H groups in total. The molecular weight excluding hydrogens is 389 g/mol. The van der Waals surface area contributed by atoms with E-state index in [2.05, 4.69) is 22.6 Å². The highest BCUT2D eigenvalue weighted by atomic mass is 127. The molecule has 0 bridgehead atoms. The van der Waals surface area contributed by atoms with Crippen molar-refractivity contribution in [3.05, 3.63) is 68.8 Å². The molecule has 2 aromatic carbocycles. The molecule has 1 unspecified atom stereocenters. The number of rotatable bonds is 5. The van der Waals surface area contributed by atoms with Crippen LogP contribution in [0.5, 0.6) is 0 Å². The fourth-order valence-electron chi connectivity index (χ4n) is 2.37. The lowest BCUT2D eigenvalue weighted by atomic mass is 10.0. The van der Waals surface area contributed by atoms with Gasteiger partial charge in [0.1, 0.15) is 6.10 Å². The third-order valence-electron chi connectivity index (χ3n) is 3.69. The van der Waals surface area contributed by atoms with Gasteiger partial charge in [-0.15, -0.1) is 0 Å². The van der Waals surface area contributed by atoms with Crippen LogP contribution in [0.25, 0.3) is 0 Å². The minimum Gasteiger partial charge on any atom is -0.384 e. The summed E-state index contributed by atoms with van der Waals surface area (Å²) in [5.41, 5.74) is 2.30. The van der Waals surface area contributed by atoms with Gasteiger partial charge in [-0.25, -0.2) is 0 Å². The number of aliphatic hydroxyl groups is 1. The van der Waals surface area contributed by atoms with E-state index in [4.69, 9.17) is 0 Å². The number of hydrogen-bond acceptors (Lipinski definition) is 2. The van der Waals surface area contributed by atoms with Gasteiger partial charge in [0.05, 0.1) is 0 Å². The maximum atomic E-state index is 12.3. The number of nitrogens with zero attached hydrogens (tertiary/aromatic N) is 1. The Bertz CT molecular complexity index is 636. The molecule has 2 aromatic rings. The molecule has 0 saturated carbocycles. The summed E-state index contributed by atoms with van der Waals surface area (Å²) in [5, 5.41) is 10.4. The Hall–Kier alpha value is -1.40. The zero-order valence-electron chi connectivity index (χ0n) is 12.8. The van der Waals surface area contributed by atoms with Crippen molar-refractivity contribution in [3.63, 3.8) is 0 Å². The maximum Gasteiger partial charge on any atom is 0.253 e. The van der Waals surface area contributed by atoms with Crippen LogP contribution in [0.4, 0.5) is 0 Å². The van der Waals surface area contributed by atoms with Crippen molar-refractivity contribution in [2.75, 3.05) is 13.1 Å². The summed E-state index contributed by atoms with van der Waals surface area (Å²) >= 11 is 2.23. The van der Waals surface area contributed by atoms with Crippen molar-refractivity contribution < 1.29 is 9.90 Å². The van der Waals surface area contributed by atoms with Crippen LogP contribution < -0.4 is 0 Å². The molecule has 0 radical (unpaired) electrons. The molecule has 3 nitrogen and oxygen atoms in total. The summed E-state index contributed by atoms with van der Waals surface area (Å²) in [7, 11) is 0. The first-order valence-electron chi connectivity index (χ1n) is 7.39. The van der Waals surface area contributed by atoms with Crippen molar-refractivity contribution in [1.29, 1.82) is 0 Å². The Kier molecular flexibility index (Phi) is 5.97. The Morgan fingerprint density at radius 3 is 2.27 bits per heavy atom. The van der Waals surface area contributed by atoms with Gasteiger partial charge in [0.15, 0.2) is 0 Å². The van der Waals surface area contributed by atoms with Gasteiger partial charge in [-0.3, -0.25) is 4.79 Å². The predicted octanol–water partition coefficient (Wildman–Crippen LogP) is 3.85. The summed E-state index contributed by atoms with van der Waals surface area (Å²) in [4.78, 5) is 14.0. The first kappa shape index (κ1) is 17.0. The molecule has 0 saturated heterocycles. The summed E-state index contributed by atoms with van der Waals surface area (Å²) in [5.74, 6) is 0.0281. The lowest BCUT2D eigenvalue weighted by molar-refractivity contribution is 0.0773. The van der Waals surface area contributed by atoms with E-state index in [9.17, 15) is 9.90 Å². The zero-order valence-corrected chi connectivity index (χ0v) is 14.9. The van der Waals surface area contributed by atoms with E-state index in [-0.39, 0.29) is 5.91 Å². The first-order valence-corrected chi connectivity index (χ1v) is 8.47. The first-order chi connectivity index (χ1) is 10.6. The van der Waals surface area contributed by atoms with E-state index in [1.807, 2.05) is 50.2 Å². The second-order valence-corrected chi connectivity index (χ2v) is 6.30. The number of hydrogen-bond donors (Lipinski definition) is 1. The third kappa shape index (κ3) is 3.87. The molecule has 0 heterocycles. The number of benzene rings is 2. The van der Waals surface area contributed by atoms with Crippen molar-refractivity contribution in [3.8, 4) is 0 Å². The minimum atomic E-state index is -0.674. The van der Waals surface area contributed by atoms with Gasteiger partial charge in [0.2, 0.25) is 0 Å². The van der Waals surface area contributed by atoms with Gasteiger partial charge in [-0.05, 0) is 71.8 Å². The monoisotopic (exact) mass is 409 g/mol. The van der Waals surface area contributed by atoms with E-state index in [1.165, 1.54) is 0 Å².